The lowest BCUT2D eigenvalue weighted by Crippen LogP contribution is -2.30. The van der Waals surface area contributed by atoms with Crippen LogP contribution in [0.25, 0.3) is 0 Å². The van der Waals surface area contributed by atoms with Gasteiger partial charge < -0.3 is 10.1 Å². The number of hydrogen-bond acceptors (Lipinski definition) is 2. The maximum atomic E-state index is 5.67. The molecule has 0 saturated heterocycles. The second-order valence-corrected chi connectivity index (χ2v) is 5.77. The smallest absolute Gasteiger partial charge is 0.126 e. The van der Waals surface area contributed by atoms with E-state index in [1.54, 1.807) is 7.11 Å². The molecule has 1 rings (SSSR count). The first-order chi connectivity index (χ1) is 8.93. The Morgan fingerprint density at radius 2 is 1.79 bits per heavy atom. The topological polar surface area (TPSA) is 21.3 Å². The molecule has 0 aliphatic carbocycles. The van der Waals surface area contributed by atoms with Crippen LogP contribution in [0.3, 0.4) is 0 Å². The number of methoxy groups -OCH3 is 1. The summed E-state index contributed by atoms with van der Waals surface area (Å²) in [6, 6.07) is 4.76. The monoisotopic (exact) mass is 263 g/mol. The molecular formula is C17H29NO. The van der Waals surface area contributed by atoms with Crippen molar-refractivity contribution in [2.75, 3.05) is 13.7 Å². The van der Waals surface area contributed by atoms with E-state index in [1.807, 2.05) is 0 Å². The molecule has 0 heterocycles. The Kier molecular flexibility index (Phi) is 5.86. The number of rotatable bonds is 6. The Balaban J connectivity index is 3.26. The Morgan fingerprint density at radius 1 is 1.16 bits per heavy atom. The fraction of sp³-hybridized carbons (Fsp3) is 0.647. The average molecular weight is 263 g/mol. The van der Waals surface area contributed by atoms with E-state index in [-0.39, 0.29) is 0 Å². The molecule has 1 aromatic carbocycles. The van der Waals surface area contributed by atoms with Gasteiger partial charge in [0.05, 0.1) is 7.11 Å². The number of ether oxygens (including phenoxy) is 1. The van der Waals surface area contributed by atoms with E-state index < -0.39 is 0 Å². The Morgan fingerprint density at radius 3 is 2.26 bits per heavy atom. The summed E-state index contributed by atoms with van der Waals surface area (Å²) in [5, 5.41) is 3.62. The van der Waals surface area contributed by atoms with E-state index in [1.165, 1.54) is 16.7 Å². The van der Waals surface area contributed by atoms with Crippen molar-refractivity contribution in [3.63, 3.8) is 0 Å². The molecule has 2 unspecified atom stereocenters. The predicted octanol–water partition coefficient (Wildman–Crippen LogP) is 4.25. The lowest BCUT2D eigenvalue weighted by Gasteiger charge is -2.30. The predicted molar refractivity (Wildman–Crippen MR) is 82.9 cm³/mol. The maximum Gasteiger partial charge on any atom is 0.126 e. The van der Waals surface area contributed by atoms with E-state index >= 15 is 0 Å². The first kappa shape index (κ1) is 16.0. The van der Waals surface area contributed by atoms with Crippen LogP contribution in [0, 0.1) is 25.7 Å². The second kappa shape index (κ2) is 6.95. The van der Waals surface area contributed by atoms with E-state index in [2.05, 4.69) is 59.0 Å². The SMILES string of the molecule is CCNC(c1ccc(C)c(C)c1OC)C(C)C(C)C. The van der Waals surface area contributed by atoms with Gasteiger partial charge in [0.2, 0.25) is 0 Å². The zero-order valence-electron chi connectivity index (χ0n) is 13.5. The molecular weight excluding hydrogens is 234 g/mol. The van der Waals surface area contributed by atoms with Gasteiger partial charge in [-0.1, -0.05) is 39.8 Å². The molecule has 0 amide bonds. The zero-order chi connectivity index (χ0) is 14.6. The van der Waals surface area contributed by atoms with Crippen LogP contribution >= 0.6 is 0 Å². The summed E-state index contributed by atoms with van der Waals surface area (Å²) in [4.78, 5) is 0. The van der Waals surface area contributed by atoms with Crippen molar-refractivity contribution < 1.29 is 4.74 Å². The average Bonchev–Trinajstić information content (AvgIpc) is 2.38. The Hall–Kier alpha value is -1.02. The third kappa shape index (κ3) is 3.50. The summed E-state index contributed by atoms with van der Waals surface area (Å²) >= 11 is 0. The van der Waals surface area contributed by atoms with Crippen LogP contribution in [-0.4, -0.2) is 13.7 Å². The molecule has 0 aromatic heterocycles. The summed E-state index contributed by atoms with van der Waals surface area (Å²) in [6.45, 7) is 14.3. The molecule has 0 spiro atoms. The lowest BCUT2D eigenvalue weighted by atomic mass is 9.84. The summed E-state index contributed by atoms with van der Waals surface area (Å²) < 4.78 is 5.67. The molecule has 1 N–H and O–H groups in total. The highest BCUT2D eigenvalue weighted by molar-refractivity contribution is 5.47. The third-order valence-corrected chi connectivity index (χ3v) is 4.25. The minimum atomic E-state index is 0.347. The number of nitrogens with one attached hydrogen (secondary N) is 1. The van der Waals surface area contributed by atoms with E-state index in [4.69, 9.17) is 4.74 Å². The molecule has 0 aliphatic heterocycles. The van der Waals surface area contributed by atoms with Gasteiger partial charge in [0.25, 0.3) is 0 Å². The standard InChI is InChI=1S/C17H29NO/c1-8-18-16(13(5)11(2)3)15-10-9-12(4)14(6)17(15)19-7/h9-11,13,16,18H,8H2,1-7H3. The highest BCUT2D eigenvalue weighted by Gasteiger charge is 2.25. The highest BCUT2D eigenvalue weighted by Crippen LogP contribution is 2.36. The van der Waals surface area contributed by atoms with Crippen LogP contribution in [-0.2, 0) is 0 Å². The summed E-state index contributed by atoms with van der Waals surface area (Å²) in [6.07, 6.45) is 0. The zero-order valence-corrected chi connectivity index (χ0v) is 13.5. The van der Waals surface area contributed by atoms with Crippen molar-refractivity contribution in [2.24, 2.45) is 11.8 Å². The summed E-state index contributed by atoms with van der Waals surface area (Å²) in [5.74, 6) is 2.24. The van der Waals surface area contributed by atoms with Crippen LogP contribution in [0.1, 0.15) is 50.4 Å². The number of hydrogen-bond donors (Lipinski definition) is 1. The number of aryl methyl sites for hydroxylation is 1. The highest BCUT2D eigenvalue weighted by atomic mass is 16.5. The van der Waals surface area contributed by atoms with Gasteiger partial charge in [-0.05, 0) is 43.4 Å². The Labute approximate surface area is 118 Å². The molecule has 0 aliphatic rings. The summed E-state index contributed by atoms with van der Waals surface area (Å²) in [7, 11) is 1.77. The van der Waals surface area contributed by atoms with Crippen molar-refractivity contribution in [3.8, 4) is 5.75 Å². The van der Waals surface area contributed by atoms with Crippen LogP contribution in [0.4, 0.5) is 0 Å². The molecule has 19 heavy (non-hydrogen) atoms. The van der Waals surface area contributed by atoms with Gasteiger partial charge in [-0.3, -0.25) is 0 Å². The van der Waals surface area contributed by atoms with Gasteiger partial charge in [-0.2, -0.15) is 0 Å². The molecule has 1 aromatic rings. The van der Waals surface area contributed by atoms with Crippen LogP contribution < -0.4 is 10.1 Å². The molecule has 0 radical (unpaired) electrons. The van der Waals surface area contributed by atoms with Gasteiger partial charge in [-0.15, -0.1) is 0 Å². The van der Waals surface area contributed by atoms with Gasteiger partial charge in [0.1, 0.15) is 5.75 Å². The van der Waals surface area contributed by atoms with Crippen molar-refractivity contribution in [2.45, 2.75) is 47.6 Å². The third-order valence-electron chi connectivity index (χ3n) is 4.25. The van der Waals surface area contributed by atoms with Crippen LogP contribution in [0.2, 0.25) is 0 Å². The van der Waals surface area contributed by atoms with Gasteiger partial charge >= 0.3 is 0 Å². The molecule has 0 bridgehead atoms. The fourth-order valence-corrected chi connectivity index (χ4v) is 2.51. The lowest BCUT2D eigenvalue weighted by molar-refractivity contribution is 0.297. The molecule has 2 atom stereocenters. The van der Waals surface area contributed by atoms with Gasteiger partial charge in [-0.25, -0.2) is 0 Å². The Bertz CT molecular complexity index is 412. The van der Waals surface area contributed by atoms with Crippen molar-refractivity contribution in [1.82, 2.24) is 5.32 Å². The number of benzene rings is 1. The first-order valence-electron chi connectivity index (χ1n) is 7.31. The first-order valence-corrected chi connectivity index (χ1v) is 7.31. The maximum absolute atomic E-state index is 5.67. The molecule has 2 nitrogen and oxygen atoms in total. The second-order valence-electron chi connectivity index (χ2n) is 5.77. The van der Waals surface area contributed by atoms with Crippen molar-refractivity contribution in [1.29, 1.82) is 0 Å². The fourth-order valence-electron chi connectivity index (χ4n) is 2.51. The minimum Gasteiger partial charge on any atom is -0.496 e. The van der Waals surface area contributed by atoms with Crippen molar-refractivity contribution in [3.05, 3.63) is 28.8 Å². The van der Waals surface area contributed by atoms with Crippen molar-refractivity contribution >= 4 is 0 Å². The van der Waals surface area contributed by atoms with Gasteiger partial charge in [0.15, 0.2) is 0 Å². The van der Waals surface area contributed by atoms with E-state index in [0.717, 1.165) is 12.3 Å². The molecule has 0 saturated carbocycles. The largest absolute Gasteiger partial charge is 0.496 e. The van der Waals surface area contributed by atoms with Crippen LogP contribution in [0.5, 0.6) is 5.75 Å². The molecule has 108 valence electrons. The normalized spacial score (nSPS) is 14.5. The molecule has 2 heteroatoms. The van der Waals surface area contributed by atoms with E-state index in [9.17, 15) is 0 Å². The van der Waals surface area contributed by atoms with E-state index in [0.29, 0.717) is 17.9 Å². The van der Waals surface area contributed by atoms with Gasteiger partial charge in [0, 0.05) is 11.6 Å². The van der Waals surface area contributed by atoms with Crippen LogP contribution in [0.15, 0.2) is 12.1 Å². The molecule has 0 fully saturated rings. The quantitative estimate of drug-likeness (QED) is 0.828. The summed E-state index contributed by atoms with van der Waals surface area (Å²) in [5.41, 5.74) is 3.82. The minimum absolute atomic E-state index is 0.347.